The molecule has 0 bridgehead atoms. The van der Waals surface area contributed by atoms with Crippen molar-refractivity contribution in [3.63, 3.8) is 0 Å². The van der Waals surface area contributed by atoms with Gasteiger partial charge in [0.2, 0.25) is 0 Å². The first-order valence-corrected chi connectivity index (χ1v) is 9.95. The van der Waals surface area contributed by atoms with E-state index in [2.05, 4.69) is 41.1 Å². The molecule has 0 fully saturated rings. The molecule has 5 nitrogen and oxygen atoms in total. The molecular formula is C21H31N3O2. The van der Waals surface area contributed by atoms with Gasteiger partial charge < -0.3 is 9.47 Å². The van der Waals surface area contributed by atoms with Gasteiger partial charge in [-0.15, -0.1) is 0 Å². The molecular weight excluding hydrogens is 326 g/mol. The van der Waals surface area contributed by atoms with E-state index in [9.17, 15) is 0 Å². The number of nitrogens with one attached hydrogen (secondary N) is 1. The van der Waals surface area contributed by atoms with E-state index in [-0.39, 0.29) is 0 Å². The third-order valence-electron chi connectivity index (χ3n) is 4.82. The first kappa shape index (κ1) is 18.8. The fraction of sp³-hybridized carbons (Fsp3) is 0.571. The van der Waals surface area contributed by atoms with Gasteiger partial charge in [-0.2, -0.15) is 5.10 Å². The van der Waals surface area contributed by atoms with Crippen LogP contribution in [0.3, 0.4) is 0 Å². The summed E-state index contributed by atoms with van der Waals surface area (Å²) in [4.78, 5) is 2.51. The number of rotatable bonds is 9. The Hall–Kier alpha value is -2.01. The van der Waals surface area contributed by atoms with Crippen LogP contribution < -0.4 is 9.47 Å². The van der Waals surface area contributed by atoms with Gasteiger partial charge in [0, 0.05) is 36.3 Å². The van der Waals surface area contributed by atoms with Crippen LogP contribution in [0.5, 0.6) is 11.5 Å². The first-order chi connectivity index (χ1) is 12.8. The highest BCUT2D eigenvalue weighted by Crippen LogP contribution is 2.35. The highest BCUT2D eigenvalue weighted by atomic mass is 16.5. The number of unbranched alkanes of at least 4 members (excludes halogenated alkanes) is 1. The van der Waals surface area contributed by atoms with Crippen LogP contribution in [0.15, 0.2) is 18.2 Å². The molecule has 2 heterocycles. The van der Waals surface area contributed by atoms with E-state index in [0.29, 0.717) is 6.61 Å². The molecule has 0 spiro atoms. The van der Waals surface area contributed by atoms with E-state index in [1.54, 1.807) is 0 Å². The number of aromatic nitrogens is 2. The molecule has 2 aromatic rings. The zero-order chi connectivity index (χ0) is 18.4. The minimum absolute atomic E-state index is 0.622. The fourth-order valence-electron chi connectivity index (χ4n) is 3.47. The van der Waals surface area contributed by atoms with Crippen molar-refractivity contribution in [1.29, 1.82) is 0 Å². The average Bonchev–Trinajstić information content (AvgIpc) is 3.07. The van der Waals surface area contributed by atoms with Gasteiger partial charge in [0.1, 0.15) is 0 Å². The predicted molar refractivity (Wildman–Crippen MR) is 105 cm³/mol. The Bertz CT molecular complexity index is 711. The van der Waals surface area contributed by atoms with E-state index < -0.39 is 0 Å². The van der Waals surface area contributed by atoms with Crippen molar-refractivity contribution in [3.05, 3.63) is 29.5 Å². The SMILES string of the molecule is CCCCOc1ccc(-c2n[nH]c3c2CN(CCC)CC3)cc1OCC. The van der Waals surface area contributed by atoms with Crippen molar-refractivity contribution in [3.8, 4) is 22.8 Å². The van der Waals surface area contributed by atoms with Crippen molar-refractivity contribution < 1.29 is 9.47 Å². The normalized spacial score (nSPS) is 14.3. The molecule has 0 radical (unpaired) electrons. The second-order valence-corrected chi connectivity index (χ2v) is 6.85. The molecule has 1 N–H and O–H groups in total. The molecule has 0 unspecified atom stereocenters. The summed E-state index contributed by atoms with van der Waals surface area (Å²) in [6.45, 7) is 11.0. The molecule has 5 heteroatoms. The van der Waals surface area contributed by atoms with E-state index >= 15 is 0 Å². The van der Waals surface area contributed by atoms with Crippen molar-refractivity contribution in [2.24, 2.45) is 0 Å². The number of fused-ring (bicyclic) bond motifs is 1. The van der Waals surface area contributed by atoms with Crippen molar-refractivity contribution in [2.45, 2.75) is 53.0 Å². The number of hydrogen-bond donors (Lipinski definition) is 1. The Morgan fingerprint density at radius 2 is 2.00 bits per heavy atom. The highest BCUT2D eigenvalue weighted by molar-refractivity contribution is 5.68. The maximum atomic E-state index is 5.90. The van der Waals surface area contributed by atoms with Crippen LogP contribution in [0.1, 0.15) is 51.3 Å². The molecule has 142 valence electrons. The predicted octanol–water partition coefficient (Wildman–Crippen LogP) is 4.42. The van der Waals surface area contributed by atoms with Crippen LogP contribution in [-0.2, 0) is 13.0 Å². The van der Waals surface area contributed by atoms with Gasteiger partial charge in [-0.1, -0.05) is 20.3 Å². The van der Waals surface area contributed by atoms with Gasteiger partial charge >= 0.3 is 0 Å². The quantitative estimate of drug-likeness (QED) is 0.675. The van der Waals surface area contributed by atoms with Crippen LogP contribution in [0.25, 0.3) is 11.3 Å². The highest BCUT2D eigenvalue weighted by Gasteiger charge is 2.23. The van der Waals surface area contributed by atoms with Crippen molar-refractivity contribution >= 4 is 0 Å². The molecule has 0 aliphatic carbocycles. The number of ether oxygens (including phenoxy) is 2. The summed E-state index contributed by atoms with van der Waals surface area (Å²) in [6.07, 6.45) is 4.39. The topological polar surface area (TPSA) is 50.4 Å². The van der Waals surface area contributed by atoms with Gasteiger partial charge in [0.25, 0.3) is 0 Å². The summed E-state index contributed by atoms with van der Waals surface area (Å²) in [5.41, 5.74) is 4.73. The lowest BCUT2D eigenvalue weighted by atomic mass is 10.0. The zero-order valence-corrected chi connectivity index (χ0v) is 16.3. The van der Waals surface area contributed by atoms with E-state index in [0.717, 1.165) is 68.3 Å². The minimum atomic E-state index is 0.622. The molecule has 3 rings (SSSR count). The van der Waals surface area contributed by atoms with Crippen LogP contribution in [-0.4, -0.2) is 41.4 Å². The van der Waals surface area contributed by atoms with Gasteiger partial charge in [-0.3, -0.25) is 10.00 Å². The summed E-state index contributed by atoms with van der Waals surface area (Å²) < 4.78 is 11.7. The molecule has 0 saturated heterocycles. The van der Waals surface area contributed by atoms with Crippen LogP contribution in [0.4, 0.5) is 0 Å². The summed E-state index contributed by atoms with van der Waals surface area (Å²) in [5.74, 6) is 1.63. The van der Waals surface area contributed by atoms with Gasteiger partial charge in [-0.25, -0.2) is 0 Å². The Morgan fingerprint density at radius 3 is 2.77 bits per heavy atom. The molecule has 26 heavy (non-hydrogen) atoms. The lowest BCUT2D eigenvalue weighted by molar-refractivity contribution is 0.254. The van der Waals surface area contributed by atoms with E-state index in [1.807, 2.05) is 13.0 Å². The van der Waals surface area contributed by atoms with Gasteiger partial charge in [-0.05, 0) is 44.5 Å². The first-order valence-electron chi connectivity index (χ1n) is 9.95. The second-order valence-electron chi connectivity index (χ2n) is 6.85. The minimum Gasteiger partial charge on any atom is -0.490 e. The maximum Gasteiger partial charge on any atom is 0.161 e. The van der Waals surface area contributed by atoms with Crippen LogP contribution >= 0.6 is 0 Å². The molecule has 1 aromatic carbocycles. The molecule has 1 aliphatic rings. The monoisotopic (exact) mass is 357 g/mol. The number of benzene rings is 1. The van der Waals surface area contributed by atoms with Crippen molar-refractivity contribution in [1.82, 2.24) is 15.1 Å². The van der Waals surface area contributed by atoms with Gasteiger partial charge in [0.05, 0.1) is 18.9 Å². The van der Waals surface area contributed by atoms with Crippen molar-refractivity contribution in [2.75, 3.05) is 26.3 Å². The van der Waals surface area contributed by atoms with Crippen LogP contribution in [0, 0.1) is 0 Å². The smallest absolute Gasteiger partial charge is 0.161 e. The second kappa shape index (κ2) is 9.08. The van der Waals surface area contributed by atoms with E-state index in [4.69, 9.17) is 9.47 Å². The summed E-state index contributed by atoms with van der Waals surface area (Å²) in [7, 11) is 0. The Kier molecular flexibility index (Phi) is 6.56. The number of aromatic amines is 1. The summed E-state index contributed by atoms with van der Waals surface area (Å²) in [6, 6.07) is 6.18. The zero-order valence-electron chi connectivity index (χ0n) is 16.3. The lowest BCUT2D eigenvalue weighted by Gasteiger charge is -2.26. The number of hydrogen-bond acceptors (Lipinski definition) is 4. The number of nitrogens with zero attached hydrogens (tertiary/aromatic N) is 2. The molecule has 0 atom stereocenters. The lowest BCUT2D eigenvalue weighted by Crippen LogP contribution is -2.31. The largest absolute Gasteiger partial charge is 0.490 e. The number of H-pyrrole nitrogens is 1. The third kappa shape index (κ3) is 4.21. The Labute approximate surface area is 156 Å². The maximum absolute atomic E-state index is 5.90. The molecule has 0 saturated carbocycles. The standard InChI is InChI=1S/C21H31N3O2/c1-4-7-13-26-19-9-8-16(14-20(19)25-6-3)21-17-15-24(11-5-2)12-10-18(17)22-23-21/h8-9,14H,4-7,10-13,15H2,1-3H3,(H,22,23). The van der Waals surface area contributed by atoms with E-state index in [1.165, 1.54) is 17.7 Å². The Balaban J connectivity index is 1.85. The average molecular weight is 357 g/mol. The van der Waals surface area contributed by atoms with Crippen LogP contribution in [0.2, 0.25) is 0 Å². The third-order valence-corrected chi connectivity index (χ3v) is 4.82. The molecule has 1 aromatic heterocycles. The Morgan fingerprint density at radius 1 is 1.12 bits per heavy atom. The summed E-state index contributed by atoms with van der Waals surface area (Å²) >= 11 is 0. The summed E-state index contributed by atoms with van der Waals surface area (Å²) in [5, 5.41) is 7.87. The van der Waals surface area contributed by atoms with Gasteiger partial charge in [0.15, 0.2) is 11.5 Å². The fourth-order valence-corrected chi connectivity index (χ4v) is 3.47. The molecule has 1 aliphatic heterocycles. The molecule has 0 amide bonds.